The summed E-state index contributed by atoms with van der Waals surface area (Å²) in [7, 11) is 1.62. The van der Waals surface area contributed by atoms with Crippen LogP contribution in [0.1, 0.15) is 46.0 Å². The summed E-state index contributed by atoms with van der Waals surface area (Å²) < 4.78 is 38.2. The van der Waals surface area contributed by atoms with Crippen molar-refractivity contribution in [2.45, 2.75) is 57.9 Å². The van der Waals surface area contributed by atoms with Crippen LogP contribution in [0.5, 0.6) is 0 Å². The Hall–Kier alpha value is -1.34. The first-order chi connectivity index (χ1) is 12.3. The van der Waals surface area contributed by atoms with Gasteiger partial charge in [-0.1, -0.05) is 19.3 Å². The van der Waals surface area contributed by atoms with Gasteiger partial charge in [0.1, 0.15) is 5.71 Å². The molecule has 1 N–H and O–H groups in total. The molecule has 3 atom stereocenters. The van der Waals surface area contributed by atoms with Crippen LogP contribution in [0, 0.1) is 11.8 Å². The molecule has 2 aliphatic rings. The van der Waals surface area contributed by atoms with Gasteiger partial charge in [0.05, 0.1) is 24.8 Å². The Labute approximate surface area is 153 Å². The molecular formula is C19H29F2NO4. The topological polar surface area (TPSA) is 68.1 Å². The Morgan fingerprint density at radius 2 is 1.92 bits per heavy atom. The lowest BCUT2D eigenvalue weighted by Crippen LogP contribution is -2.29. The fourth-order valence-corrected chi connectivity index (χ4v) is 4.09. The molecule has 0 spiro atoms. The molecule has 0 saturated heterocycles. The lowest BCUT2D eigenvalue weighted by molar-refractivity contribution is -0.133. The van der Waals surface area contributed by atoms with Gasteiger partial charge in [0.15, 0.2) is 0 Å². The first kappa shape index (κ1) is 21.0. The van der Waals surface area contributed by atoms with Crippen molar-refractivity contribution in [2.24, 2.45) is 16.8 Å². The van der Waals surface area contributed by atoms with E-state index in [0.29, 0.717) is 32.2 Å². The maximum absolute atomic E-state index is 13.8. The maximum Gasteiger partial charge on any atom is 0.334 e. The molecule has 1 saturated carbocycles. The fourth-order valence-electron chi connectivity index (χ4n) is 4.09. The van der Waals surface area contributed by atoms with Crippen LogP contribution < -0.4 is 0 Å². The SMILES string of the molecule is COCCOC[C@H]1CCCC[C@H]1CC1N=C(C(C)(F)F)C(C)=C1C(=O)O. The van der Waals surface area contributed by atoms with Gasteiger partial charge in [-0.25, -0.2) is 4.79 Å². The number of carboxylic acid groups (broad SMARTS) is 1. The van der Waals surface area contributed by atoms with Gasteiger partial charge >= 0.3 is 5.97 Å². The minimum absolute atomic E-state index is 0.0196. The van der Waals surface area contributed by atoms with Crippen molar-refractivity contribution in [2.75, 3.05) is 26.9 Å². The number of carboxylic acids is 1. The summed E-state index contributed by atoms with van der Waals surface area (Å²) >= 11 is 0. The van der Waals surface area contributed by atoms with E-state index in [2.05, 4.69) is 4.99 Å². The number of allylic oxidation sites excluding steroid dienone is 1. The van der Waals surface area contributed by atoms with Crippen molar-refractivity contribution in [3.8, 4) is 0 Å². The molecule has 1 heterocycles. The van der Waals surface area contributed by atoms with E-state index in [-0.39, 0.29) is 22.8 Å². The van der Waals surface area contributed by atoms with Crippen molar-refractivity contribution in [3.05, 3.63) is 11.1 Å². The lowest BCUT2D eigenvalue weighted by Gasteiger charge is -2.32. The summed E-state index contributed by atoms with van der Waals surface area (Å²) in [6, 6.07) is -0.696. The third kappa shape index (κ3) is 5.10. The molecule has 0 aromatic carbocycles. The van der Waals surface area contributed by atoms with Gasteiger partial charge in [0.25, 0.3) is 5.92 Å². The quantitative estimate of drug-likeness (QED) is 0.626. The van der Waals surface area contributed by atoms with Crippen LogP contribution in [0.25, 0.3) is 0 Å². The average Bonchev–Trinajstić information content (AvgIpc) is 2.89. The van der Waals surface area contributed by atoms with E-state index >= 15 is 0 Å². The molecule has 1 fully saturated rings. The molecule has 148 valence electrons. The summed E-state index contributed by atoms with van der Waals surface area (Å²) in [5.74, 6) is -3.75. The molecule has 0 aromatic heterocycles. The van der Waals surface area contributed by atoms with Gasteiger partial charge in [-0.2, -0.15) is 8.78 Å². The van der Waals surface area contributed by atoms with E-state index in [1.807, 2.05) is 0 Å². The number of nitrogens with zero attached hydrogens (tertiary/aromatic N) is 1. The predicted molar refractivity (Wildman–Crippen MR) is 94.9 cm³/mol. The van der Waals surface area contributed by atoms with Crippen LogP contribution >= 0.6 is 0 Å². The summed E-state index contributed by atoms with van der Waals surface area (Å²) in [5, 5.41) is 9.52. The lowest BCUT2D eigenvalue weighted by atomic mass is 9.75. The third-order valence-corrected chi connectivity index (χ3v) is 5.38. The molecule has 5 nitrogen and oxygen atoms in total. The maximum atomic E-state index is 13.8. The van der Waals surface area contributed by atoms with E-state index in [9.17, 15) is 18.7 Å². The number of methoxy groups -OCH3 is 1. The fraction of sp³-hybridized carbons (Fsp3) is 0.789. The minimum atomic E-state index is -3.13. The second-order valence-corrected chi connectivity index (χ2v) is 7.33. The van der Waals surface area contributed by atoms with E-state index in [1.165, 1.54) is 6.92 Å². The molecule has 2 rings (SSSR count). The summed E-state index contributed by atoms with van der Waals surface area (Å²) in [5.41, 5.74) is -0.256. The van der Waals surface area contributed by atoms with Crippen LogP contribution in [0.2, 0.25) is 0 Å². The zero-order chi connectivity index (χ0) is 19.3. The van der Waals surface area contributed by atoms with Crippen molar-refractivity contribution in [1.29, 1.82) is 0 Å². The van der Waals surface area contributed by atoms with Crippen LogP contribution in [0.3, 0.4) is 0 Å². The average molecular weight is 373 g/mol. The second-order valence-electron chi connectivity index (χ2n) is 7.33. The molecule has 1 aliphatic heterocycles. The number of ether oxygens (including phenoxy) is 2. The Balaban J connectivity index is 2.10. The van der Waals surface area contributed by atoms with E-state index in [0.717, 1.165) is 32.6 Å². The van der Waals surface area contributed by atoms with Gasteiger partial charge in [-0.15, -0.1) is 0 Å². The smallest absolute Gasteiger partial charge is 0.334 e. The number of alkyl halides is 2. The molecule has 1 unspecified atom stereocenters. The Morgan fingerprint density at radius 3 is 2.50 bits per heavy atom. The number of aliphatic imine (C=N–C) groups is 1. The zero-order valence-corrected chi connectivity index (χ0v) is 15.8. The minimum Gasteiger partial charge on any atom is -0.478 e. The van der Waals surface area contributed by atoms with Gasteiger partial charge in [-0.3, -0.25) is 4.99 Å². The summed E-state index contributed by atoms with van der Waals surface area (Å²) in [4.78, 5) is 15.8. The largest absolute Gasteiger partial charge is 0.478 e. The number of carbonyl (C=O) groups is 1. The standard InChI is InChI=1S/C19H29F2NO4/c1-12-16(18(23)24)15(22-17(12)19(2,20)21)10-13-6-4-5-7-14(13)11-26-9-8-25-3/h13-15H,4-11H2,1-3H3,(H,23,24)/t13-,14+,15?/m0/s1. The molecule has 7 heteroatoms. The molecule has 26 heavy (non-hydrogen) atoms. The molecule has 0 aromatic rings. The molecule has 0 bridgehead atoms. The Kier molecular flexibility index (Phi) is 7.29. The molecule has 1 aliphatic carbocycles. The highest BCUT2D eigenvalue weighted by Gasteiger charge is 2.41. The molecule has 0 radical (unpaired) electrons. The van der Waals surface area contributed by atoms with E-state index in [1.54, 1.807) is 7.11 Å². The molecular weight excluding hydrogens is 344 g/mol. The van der Waals surface area contributed by atoms with Crippen LogP contribution in [0.15, 0.2) is 16.1 Å². The zero-order valence-electron chi connectivity index (χ0n) is 15.8. The third-order valence-electron chi connectivity index (χ3n) is 5.38. The number of aliphatic carboxylic acids is 1. The normalized spacial score (nSPS) is 27.0. The first-order valence-corrected chi connectivity index (χ1v) is 9.23. The monoisotopic (exact) mass is 373 g/mol. The highest BCUT2D eigenvalue weighted by atomic mass is 19.3. The first-order valence-electron chi connectivity index (χ1n) is 9.23. The van der Waals surface area contributed by atoms with Crippen LogP contribution in [-0.2, 0) is 14.3 Å². The Bertz CT molecular complexity index is 568. The highest BCUT2D eigenvalue weighted by molar-refractivity contribution is 6.12. The highest BCUT2D eigenvalue weighted by Crippen LogP contribution is 2.39. The van der Waals surface area contributed by atoms with Gasteiger partial charge in [0.2, 0.25) is 0 Å². The van der Waals surface area contributed by atoms with E-state index < -0.39 is 17.9 Å². The van der Waals surface area contributed by atoms with Crippen molar-refractivity contribution >= 4 is 11.7 Å². The second kappa shape index (κ2) is 9.04. The number of halogens is 2. The van der Waals surface area contributed by atoms with Gasteiger partial charge in [-0.05, 0) is 37.2 Å². The molecule has 0 amide bonds. The van der Waals surface area contributed by atoms with Crippen molar-refractivity contribution < 1.29 is 28.2 Å². The van der Waals surface area contributed by atoms with Crippen LogP contribution in [0.4, 0.5) is 8.78 Å². The van der Waals surface area contributed by atoms with Crippen molar-refractivity contribution in [3.63, 3.8) is 0 Å². The van der Waals surface area contributed by atoms with E-state index in [4.69, 9.17) is 9.47 Å². The number of hydrogen-bond donors (Lipinski definition) is 1. The number of hydrogen-bond acceptors (Lipinski definition) is 4. The summed E-state index contributed by atoms with van der Waals surface area (Å²) in [6.45, 7) is 3.85. The van der Waals surface area contributed by atoms with Gasteiger partial charge < -0.3 is 14.6 Å². The van der Waals surface area contributed by atoms with Crippen LogP contribution in [-0.4, -0.2) is 55.7 Å². The predicted octanol–water partition coefficient (Wildman–Crippen LogP) is 3.73. The Morgan fingerprint density at radius 1 is 1.27 bits per heavy atom. The van der Waals surface area contributed by atoms with Crippen molar-refractivity contribution in [1.82, 2.24) is 0 Å². The van der Waals surface area contributed by atoms with Gasteiger partial charge in [0, 0.05) is 20.6 Å². The number of rotatable bonds is 9. The summed E-state index contributed by atoms with van der Waals surface area (Å²) in [6.07, 6.45) is 4.63.